The number of nitrogens with zero attached hydrogens (tertiary/aromatic N) is 1. The van der Waals surface area contributed by atoms with Gasteiger partial charge < -0.3 is 10.2 Å². The van der Waals surface area contributed by atoms with Crippen LogP contribution in [0, 0.1) is 11.8 Å². The smallest absolute Gasteiger partial charge is 0.233 e. The van der Waals surface area contributed by atoms with E-state index in [0.717, 1.165) is 43.5 Å². The predicted octanol–water partition coefficient (Wildman–Crippen LogP) is 3.36. The van der Waals surface area contributed by atoms with Gasteiger partial charge in [0.2, 0.25) is 5.91 Å². The molecule has 5 heteroatoms. The highest BCUT2D eigenvalue weighted by Crippen LogP contribution is 2.44. The average Bonchev–Trinajstić information content (AvgIpc) is 3.23. The molecule has 23 heavy (non-hydrogen) atoms. The van der Waals surface area contributed by atoms with Crippen molar-refractivity contribution in [2.45, 2.75) is 31.1 Å². The third-order valence-electron chi connectivity index (χ3n) is 5.94. The Balaban J connectivity index is 0.00000156. The van der Waals surface area contributed by atoms with Crippen molar-refractivity contribution in [3.8, 4) is 0 Å². The van der Waals surface area contributed by atoms with Crippen LogP contribution in [0.25, 0.3) is 0 Å². The standard InChI is InChI=1S/C18H23BrN2O.ClH/c19-16-5-3-15(4-6-16)18(7-1-2-8-18)17(22)21-11-13-9-20-10-14(13)12-21;/h3-6,13-14,20H,1-2,7-12H2;1H/t13-,14+;. The minimum Gasteiger partial charge on any atom is -0.341 e. The number of benzene rings is 1. The summed E-state index contributed by atoms with van der Waals surface area (Å²) in [5.74, 6) is 1.74. The number of rotatable bonds is 2. The molecule has 1 aromatic carbocycles. The summed E-state index contributed by atoms with van der Waals surface area (Å²) in [6.07, 6.45) is 4.36. The van der Waals surface area contributed by atoms with E-state index in [0.29, 0.717) is 17.7 Å². The van der Waals surface area contributed by atoms with Crippen LogP contribution in [-0.4, -0.2) is 37.0 Å². The summed E-state index contributed by atoms with van der Waals surface area (Å²) in [6, 6.07) is 8.44. The summed E-state index contributed by atoms with van der Waals surface area (Å²) < 4.78 is 1.08. The topological polar surface area (TPSA) is 32.3 Å². The highest BCUT2D eigenvalue weighted by atomic mass is 79.9. The molecule has 2 heterocycles. The van der Waals surface area contributed by atoms with Gasteiger partial charge in [-0.25, -0.2) is 0 Å². The van der Waals surface area contributed by atoms with Crippen molar-refractivity contribution in [1.29, 1.82) is 0 Å². The molecule has 1 aromatic rings. The Bertz CT molecular complexity index is 559. The van der Waals surface area contributed by atoms with Crippen molar-refractivity contribution in [1.82, 2.24) is 10.2 Å². The molecule has 4 rings (SSSR count). The Morgan fingerprint density at radius 1 is 1.09 bits per heavy atom. The molecular weight excluding hydrogens is 376 g/mol. The number of hydrogen-bond donors (Lipinski definition) is 1. The third-order valence-corrected chi connectivity index (χ3v) is 6.47. The van der Waals surface area contributed by atoms with Crippen molar-refractivity contribution < 1.29 is 4.79 Å². The van der Waals surface area contributed by atoms with E-state index in [2.05, 4.69) is 50.4 Å². The Kier molecular flexibility index (Phi) is 5.05. The molecule has 1 aliphatic carbocycles. The molecule has 126 valence electrons. The van der Waals surface area contributed by atoms with Gasteiger partial charge in [-0.05, 0) is 42.4 Å². The molecule has 2 aliphatic heterocycles. The highest BCUT2D eigenvalue weighted by molar-refractivity contribution is 9.10. The zero-order valence-corrected chi connectivity index (χ0v) is 15.7. The van der Waals surface area contributed by atoms with Gasteiger partial charge in [-0.2, -0.15) is 0 Å². The number of carbonyl (C=O) groups is 1. The number of hydrogen-bond acceptors (Lipinski definition) is 2. The summed E-state index contributed by atoms with van der Waals surface area (Å²) in [7, 11) is 0. The van der Waals surface area contributed by atoms with Crippen LogP contribution in [0.15, 0.2) is 28.7 Å². The van der Waals surface area contributed by atoms with E-state index < -0.39 is 0 Å². The van der Waals surface area contributed by atoms with Gasteiger partial charge in [-0.3, -0.25) is 4.79 Å². The van der Waals surface area contributed by atoms with Crippen molar-refractivity contribution >= 4 is 34.2 Å². The normalized spacial score (nSPS) is 28.5. The van der Waals surface area contributed by atoms with E-state index in [1.807, 2.05) is 0 Å². The molecule has 2 saturated heterocycles. The van der Waals surface area contributed by atoms with Crippen LogP contribution in [0.4, 0.5) is 0 Å². The van der Waals surface area contributed by atoms with E-state index >= 15 is 0 Å². The predicted molar refractivity (Wildman–Crippen MR) is 98.0 cm³/mol. The zero-order valence-electron chi connectivity index (χ0n) is 13.3. The van der Waals surface area contributed by atoms with Gasteiger partial charge in [0.25, 0.3) is 0 Å². The van der Waals surface area contributed by atoms with Crippen LogP contribution in [0.1, 0.15) is 31.2 Å². The molecule has 3 aliphatic rings. The van der Waals surface area contributed by atoms with E-state index in [9.17, 15) is 4.79 Å². The van der Waals surface area contributed by atoms with E-state index in [-0.39, 0.29) is 17.8 Å². The second-order valence-corrected chi connectivity index (χ2v) is 8.10. The second-order valence-electron chi connectivity index (χ2n) is 7.18. The Morgan fingerprint density at radius 3 is 2.22 bits per heavy atom. The van der Waals surface area contributed by atoms with Gasteiger partial charge >= 0.3 is 0 Å². The molecule has 0 bridgehead atoms. The molecule has 1 saturated carbocycles. The fourth-order valence-electron chi connectivity index (χ4n) is 4.70. The van der Waals surface area contributed by atoms with Gasteiger partial charge in [-0.15, -0.1) is 12.4 Å². The maximum absolute atomic E-state index is 13.4. The summed E-state index contributed by atoms with van der Waals surface area (Å²) >= 11 is 3.51. The number of likely N-dealkylation sites (tertiary alicyclic amines) is 1. The molecular formula is C18H24BrClN2O. The van der Waals surface area contributed by atoms with Crippen molar-refractivity contribution in [2.24, 2.45) is 11.8 Å². The fraction of sp³-hybridized carbons (Fsp3) is 0.611. The lowest BCUT2D eigenvalue weighted by atomic mass is 9.77. The minimum absolute atomic E-state index is 0. The van der Waals surface area contributed by atoms with Gasteiger partial charge in [-0.1, -0.05) is 40.9 Å². The second kappa shape index (κ2) is 6.73. The molecule has 3 fully saturated rings. The van der Waals surface area contributed by atoms with E-state index in [1.165, 1.54) is 18.4 Å². The minimum atomic E-state index is -0.257. The summed E-state index contributed by atoms with van der Waals surface area (Å²) in [5, 5.41) is 3.46. The first-order chi connectivity index (χ1) is 10.7. The maximum Gasteiger partial charge on any atom is 0.233 e. The number of amides is 1. The van der Waals surface area contributed by atoms with Gasteiger partial charge in [0.15, 0.2) is 0 Å². The monoisotopic (exact) mass is 398 g/mol. The molecule has 0 radical (unpaired) electrons. The Hall–Kier alpha value is -0.580. The van der Waals surface area contributed by atoms with Crippen molar-refractivity contribution in [2.75, 3.05) is 26.2 Å². The molecule has 1 N–H and O–H groups in total. The molecule has 0 unspecified atom stereocenters. The first-order valence-electron chi connectivity index (χ1n) is 8.45. The Labute approximate surface area is 152 Å². The van der Waals surface area contributed by atoms with Crippen LogP contribution < -0.4 is 5.32 Å². The zero-order chi connectivity index (χ0) is 15.2. The number of nitrogens with one attached hydrogen (secondary N) is 1. The number of fused-ring (bicyclic) bond motifs is 1. The van der Waals surface area contributed by atoms with Crippen LogP contribution in [0.5, 0.6) is 0 Å². The van der Waals surface area contributed by atoms with Crippen molar-refractivity contribution in [3.05, 3.63) is 34.3 Å². The van der Waals surface area contributed by atoms with Crippen molar-refractivity contribution in [3.63, 3.8) is 0 Å². The lowest BCUT2D eigenvalue weighted by Gasteiger charge is -2.33. The summed E-state index contributed by atoms with van der Waals surface area (Å²) in [4.78, 5) is 15.6. The Morgan fingerprint density at radius 2 is 1.65 bits per heavy atom. The fourth-order valence-corrected chi connectivity index (χ4v) is 4.96. The quantitative estimate of drug-likeness (QED) is 0.827. The maximum atomic E-state index is 13.4. The first kappa shape index (κ1) is 17.2. The van der Waals surface area contributed by atoms with Crippen LogP contribution in [-0.2, 0) is 10.2 Å². The molecule has 0 spiro atoms. The molecule has 2 atom stereocenters. The first-order valence-corrected chi connectivity index (χ1v) is 9.24. The molecule has 3 nitrogen and oxygen atoms in total. The van der Waals surface area contributed by atoms with Crippen LogP contribution in [0.2, 0.25) is 0 Å². The van der Waals surface area contributed by atoms with Gasteiger partial charge in [0.1, 0.15) is 0 Å². The largest absolute Gasteiger partial charge is 0.341 e. The van der Waals surface area contributed by atoms with Crippen LogP contribution >= 0.6 is 28.3 Å². The summed E-state index contributed by atoms with van der Waals surface area (Å²) in [6.45, 7) is 4.07. The molecule has 0 aromatic heterocycles. The van der Waals surface area contributed by atoms with Gasteiger partial charge in [0.05, 0.1) is 5.41 Å². The number of halogens is 2. The SMILES string of the molecule is Cl.O=C(N1C[C@H]2CNC[C@H]2C1)C1(c2ccc(Br)cc2)CCCC1. The van der Waals surface area contributed by atoms with E-state index in [1.54, 1.807) is 0 Å². The van der Waals surface area contributed by atoms with Gasteiger partial charge in [0, 0.05) is 30.7 Å². The number of carbonyl (C=O) groups excluding carboxylic acids is 1. The lowest BCUT2D eigenvalue weighted by Crippen LogP contribution is -2.45. The highest BCUT2D eigenvalue weighted by Gasteiger charge is 2.48. The van der Waals surface area contributed by atoms with E-state index in [4.69, 9.17) is 0 Å². The molecule has 1 amide bonds. The summed E-state index contributed by atoms with van der Waals surface area (Å²) in [5.41, 5.74) is 0.959. The average molecular weight is 400 g/mol. The van der Waals surface area contributed by atoms with Crippen LogP contribution in [0.3, 0.4) is 0 Å². The lowest BCUT2D eigenvalue weighted by molar-refractivity contribution is -0.136. The third kappa shape index (κ3) is 2.94.